The molecular weight excluding hydrogens is 376 g/mol. The number of likely N-dealkylation sites (tertiary alicyclic amines) is 2. The van der Waals surface area contributed by atoms with Gasteiger partial charge < -0.3 is 15.5 Å². The molecule has 2 atom stereocenters. The summed E-state index contributed by atoms with van der Waals surface area (Å²) < 4.78 is 0. The highest BCUT2D eigenvalue weighted by molar-refractivity contribution is 5.94. The topological polar surface area (TPSA) is 64.7 Å². The molecule has 6 heteroatoms. The van der Waals surface area contributed by atoms with Crippen LogP contribution in [-0.4, -0.2) is 66.5 Å². The van der Waals surface area contributed by atoms with Gasteiger partial charge in [0.05, 0.1) is 0 Å². The Kier molecular flexibility index (Phi) is 8.14. The summed E-state index contributed by atoms with van der Waals surface area (Å²) in [6.07, 6.45) is 5.86. The van der Waals surface area contributed by atoms with Crippen molar-refractivity contribution < 1.29 is 9.59 Å². The molecule has 0 aliphatic carbocycles. The Labute approximate surface area is 181 Å². The van der Waals surface area contributed by atoms with Crippen LogP contribution in [0.25, 0.3) is 0 Å². The number of nitrogens with zero attached hydrogens (tertiary/aromatic N) is 2. The monoisotopic (exact) mass is 414 g/mol. The zero-order valence-electron chi connectivity index (χ0n) is 18.8. The molecule has 1 aromatic rings. The van der Waals surface area contributed by atoms with E-state index in [1.807, 2.05) is 36.9 Å². The van der Waals surface area contributed by atoms with Crippen molar-refractivity contribution in [2.75, 3.05) is 32.7 Å². The van der Waals surface area contributed by atoms with Gasteiger partial charge in [0.15, 0.2) is 0 Å². The van der Waals surface area contributed by atoms with Crippen molar-refractivity contribution in [3.05, 3.63) is 35.4 Å². The maximum atomic E-state index is 12.7. The molecule has 30 heavy (non-hydrogen) atoms. The summed E-state index contributed by atoms with van der Waals surface area (Å²) in [5.74, 6) is 0.269. The van der Waals surface area contributed by atoms with Gasteiger partial charge in [-0.25, -0.2) is 4.79 Å². The first-order valence-electron chi connectivity index (χ1n) is 11.6. The van der Waals surface area contributed by atoms with E-state index in [1.165, 1.54) is 19.3 Å². The highest BCUT2D eigenvalue weighted by Crippen LogP contribution is 2.27. The molecule has 2 fully saturated rings. The van der Waals surface area contributed by atoms with E-state index in [0.29, 0.717) is 24.7 Å². The second kappa shape index (κ2) is 10.8. The SMILES string of the molecule is CC(C)NC(=O)N1CCC[C@@H](c2cccc(C(=O)NCCN3CCCC[C@H]3C)c2)C1. The molecule has 166 valence electrons. The van der Waals surface area contributed by atoms with Crippen molar-refractivity contribution in [3.8, 4) is 0 Å². The molecule has 0 aromatic heterocycles. The number of hydrogen-bond acceptors (Lipinski definition) is 3. The van der Waals surface area contributed by atoms with E-state index in [9.17, 15) is 9.59 Å². The van der Waals surface area contributed by atoms with Crippen molar-refractivity contribution >= 4 is 11.9 Å². The van der Waals surface area contributed by atoms with Crippen LogP contribution < -0.4 is 10.6 Å². The maximum Gasteiger partial charge on any atom is 0.317 e. The smallest absolute Gasteiger partial charge is 0.317 e. The fraction of sp³-hybridized carbons (Fsp3) is 0.667. The predicted molar refractivity (Wildman–Crippen MR) is 121 cm³/mol. The molecule has 3 rings (SSSR count). The molecule has 3 amide bonds. The van der Waals surface area contributed by atoms with E-state index in [1.54, 1.807) is 0 Å². The van der Waals surface area contributed by atoms with Crippen LogP contribution in [0.1, 0.15) is 74.7 Å². The molecule has 2 saturated heterocycles. The Morgan fingerprint density at radius 1 is 1.13 bits per heavy atom. The number of benzene rings is 1. The molecule has 0 radical (unpaired) electrons. The highest BCUT2D eigenvalue weighted by Gasteiger charge is 2.25. The first-order chi connectivity index (χ1) is 14.4. The molecule has 1 aromatic carbocycles. The normalized spacial score (nSPS) is 22.7. The van der Waals surface area contributed by atoms with Gasteiger partial charge >= 0.3 is 6.03 Å². The molecule has 6 nitrogen and oxygen atoms in total. The van der Waals surface area contributed by atoms with Crippen molar-refractivity contribution in [2.45, 2.75) is 70.9 Å². The van der Waals surface area contributed by atoms with E-state index in [4.69, 9.17) is 0 Å². The van der Waals surface area contributed by atoms with Gasteiger partial charge in [0, 0.05) is 49.7 Å². The number of piperidine rings is 2. The molecule has 0 spiro atoms. The first-order valence-corrected chi connectivity index (χ1v) is 11.6. The van der Waals surface area contributed by atoms with E-state index >= 15 is 0 Å². The summed E-state index contributed by atoms with van der Waals surface area (Å²) in [5.41, 5.74) is 1.86. The van der Waals surface area contributed by atoms with Gasteiger partial charge in [-0.3, -0.25) is 9.69 Å². The van der Waals surface area contributed by atoms with Crippen LogP contribution in [0, 0.1) is 0 Å². The van der Waals surface area contributed by atoms with Crippen LogP contribution in [0.2, 0.25) is 0 Å². The second-order valence-corrected chi connectivity index (χ2v) is 9.15. The van der Waals surface area contributed by atoms with Gasteiger partial charge in [0.25, 0.3) is 5.91 Å². The summed E-state index contributed by atoms with van der Waals surface area (Å²) in [4.78, 5) is 29.4. The van der Waals surface area contributed by atoms with Crippen LogP contribution in [0.4, 0.5) is 4.79 Å². The number of rotatable bonds is 6. The predicted octanol–water partition coefficient (Wildman–Crippen LogP) is 3.59. The van der Waals surface area contributed by atoms with Gasteiger partial charge in [-0.05, 0) is 70.7 Å². The van der Waals surface area contributed by atoms with Gasteiger partial charge in [0.1, 0.15) is 0 Å². The summed E-state index contributed by atoms with van der Waals surface area (Å²) in [5, 5.41) is 6.08. The number of nitrogens with one attached hydrogen (secondary N) is 2. The summed E-state index contributed by atoms with van der Waals surface area (Å²) in [7, 11) is 0. The average molecular weight is 415 g/mol. The van der Waals surface area contributed by atoms with Crippen molar-refractivity contribution in [3.63, 3.8) is 0 Å². The van der Waals surface area contributed by atoms with Crippen molar-refractivity contribution in [2.24, 2.45) is 0 Å². The lowest BCUT2D eigenvalue weighted by Crippen LogP contribution is -2.47. The number of hydrogen-bond donors (Lipinski definition) is 2. The van der Waals surface area contributed by atoms with Gasteiger partial charge in [-0.15, -0.1) is 0 Å². The van der Waals surface area contributed by atoms with Gasteiger partial charge in [-0.1, -0.05) is 18.6 Å². The summed E-state index contributed by atoms with van der Waals surface area (Å²) >= 11 is 0. The largest absolute Gasteiger partial charge is 0.351 e. The minimum atomic E-state index is -0.00766. The Morgan fingerprint density at radius 2 is 1.97 bits per heavy atom. The third kappa shape index (κ3) is 6.21. The van der Waals surface area contributed by atoms with Crippen molar-refractivity contribution in [1.29, 1.82) is 0 Å². The number of amides is 3. The lowest BCUT2D eigenvalue weighted by atomic mass is 9.89. The molecular formula is C24H38N4O2. The van der Waals surface area contributed by atoms with E-state index in [0.717, 1.165) is 38.0 Å². The lowest BCUT2D eigenvalue weighted by molar-refractivity contribution is 0.0938. The quantitative estimate of drug-likeness (QED) is 0.748. The fourth-order valence-electron chi connectivity index (χ4n) is 4.61. The first kappa shape index (κ1) is 22.6. The number of carbonyl (C=O) groups is 2. The van der Waals surface area contributed by atoms with Crippen LogP contribution in [0.3, 0.4) is 0 Å². The average Bonchev–Trinajstić information content (AvgIpc) is 2.75. The maximum absolute atomic E-state index is 12.7. The lowest BCUT2D eigenvalue weighted by Gasteiger charge is -2.33. The van der Waals surface area contributed by atoms with Gasteiger partial charge in [-0.2, -0.15) is 0 Å². The molecule has 2 aliphatic heterocycles. The van der Waals surface area contributed by atoms with Crippen LogP contribution in [0.5, 0.6) is 0 Å². The van der Waals surface area contributed by atoms with Crippen LogP contribution >= 0.6 is 0 Å². The zero-order chi connectivity index (χ0) is 21.5. The molecule has 2 aliphatic rings. The Bertz CT molecular complexity index is 721. The van der Waals surface area contributed by atoms with Crippen LogP contribution in [0.15, 0.2) is 24.3 Å². The molecule has 2 N–H and O–H groups in total. The Hall–Kier alpha value is -2.08. The van der Waals surface area contributed by atoms with E-state index in [2.05, 4.69) is 28.5 Å². The summed E-state index contributed by atoms with van der Waals surface area (Å²) in [6, 6.07) is 8.70. The Balaban J connectivity index is 1.54. The minimum absolute atomic E-state index is 0.00766. The zero-order valence-corrected chi connectivity index (χ0v) is 18.8. The molecule has 0 bridgehead atoms. The van der Waals surface area contributed by atoms with Crippen molar-refractivity contribution in [1.82, 2.24) is 20.4 Å². The third-order valence-electron chi connectivity index (χ3n) is 6.37. The van der Waals surface area contributed by atoms with E-state index < -0.39 is 0 Å². The second-order valence-electron chi connectivity index (χ2n) is 9.15. The van der Waals surface area contributed by atoms with E-state index in [-0.39, 0.29) is 23.9 Å². The minimum Gasteiger partial charge on any atom is -0.351 e. The van der Waals surface area contributed by atoms with Gasteiger partial charge in [0.2, 0.25) is 0 Å². The molecule has 0 saturated carbocycles. The number of urea groups is 1. The Morgan fingerprint density at radius 3 is 2.73 bits per heavy atom. The molecule has 0 unspecified atom stereocenters. The standard InChI is InChI=1S/C24H38N4O2/c1-18(2)26-24(30)28-14-7-11-22(17-28)20-9-6-10-21(16-20)23(29)25-12-15-27-13-5-4-8-19(27)3/h6,9-10,16,18-19,22H,4-5,7-8,11-15,17H2,1-3H3,(H,25,29)(H,26,30)/t19-,22-/m1/s1. The molecule has 2 heterocycles. The summed E-state index contributed by atoms with van der Waals surface area (Å²) in [6.45, 7) is 10.5. The highest BCUT2D eigenvalue weighted by atomic mass is 16.2. The van der Waals surface area contributed by atoms with Crippen LogP contribution in [-0.2, 0) is 0 Å². The fourth-order valence-corrected chi connectivity index (χ4v) is 4.61. The number of carbonyl (C=O) groups excluding carboxylic acids is 2. The third-order valence-corrected chi connectivity index (χ3v) is 6.37.